The second-order valence-corrected chi connectivity index (χ2v) is 17.9. The van der Waals surface area contributed by atoms with E-state index in [9.17, 15) is 40.5 Å². The largest absolute Gasteiger partial charge is 0.394 e. The molecule has 1 saturated heterocycles. The molecule has 0 radical (unpaired) electrons. The standard InChI is InChI=1S/C50H95NO10/c1-3-5-7-9-11-13-15-17-18-19-20-21-22-23-24-25-26-28-30-32-34-36-38-43(54)49(59)51-41(40-60-50-48(58)47(57)46(56)44(39-52)61-50)45(55)42(53)37-35-33-31-29-27-16-14-12-10-8-6-4-2/h17-18,29,31,41-48,50,52-58H,3-16,19-28,30,32-40H2,1-2H3,(H,51,59)/b18-17+,31-29+/t41-,42+,43+,44?,45-,46+,47?,48?,50+/m0/s1. The number of aliphatic hydroxyl groups excluding tert-OH is 7. The number of rotatable bonds is 42. The molecule has 1 fully saturated rings. The molecule has 11 heteroatoms. The van der Waals surface area contributed by atoms with Gasteiger partial charge in [0.25, 0.3) is 0 Å². The molecule has 1 rings (SSSR count). The first kappa shape index (κ1) is 57.6. The number of amides is 1. The zero-order valence-electron chi connectivity index (χ0n) is 38.9. The van der Waals surface area contributed by atoms with Crippen molar-refractivity contribution >= 4 is 5.91 Å². The third-order valence-corrected chi connectivity index (χ3v) is 12.2. The Morgan fingerprint density at radius 1 is 0.557 bits per heavy atom. The Morgan fingerprint density at radius 2 is 0.967 bits per heavy atom. The number of unbranched alkanes of at least 4 members (excludes halogenated alkanes) is 26. The van der Waals surface area contributed by atoms with E-state index in [0.717, 1.165) is 38.5 Å². The molecular weight excluding hydrogens is 775 g/mol. The lowest BCUT2D eigenvalue weighted by Crippen LogP contribution is -2.60. The fraction of sp³-hybridized carbons (Fsp3) is 0.900. The molecule has 0 bridgehead atoms. The average molecular weight is 870 g/mol. The third kappa shape index (κ3) is 29.6. The number of nitrogens with one attached hydrogen (secondary N) is 1. The van der Waals surface area contributed by atoms with Gasteiger partial charge in [0, 0.05) is 0 Å². The number of ether oxygens (including phenoxy) is 2. The molecule has 11 nitrogen and oxygen atoms in total. The van der Waals surface area contributed by atoms with Gasteiger partial charge in [0.1, 0.15) is 36.6 Å². The number of carbonyl (C=O) groups is 1. The van der Waals surface area contributed by atoms with Gasteiger partial charge in [0.2, 0.25) is 5.91 Å². The van der Waals surface area contributed by atoms with Crippen molar-refractivity contribution in [3.8, 4) is 0 Å². The molecule has 8 N–H and O–H groups in total. The van der Waals surface area contributed by atoms with Crippen molar-refractivity contribution in [1.82, 2.24) is 5.32 Å². The minimum atomic E-state index is -1.67. The first-order valence-electron chi connectivity index (χ1n) is 25.2. The number of aliphatic hydroxyl groups is 7. The van der Waals surface area contributed by atoms with Crippen LogP contribution < -0.4 is 5.32 Å². The second kappa shape index (κ2) is 40.1. The van der Waals surface area contributed by atoms with E-state index in [0.29, 0.717) is 12.8 Å². The molecule has 0 aromatic heterocycles. The van der Waals surface area contributed by atoms with Gasteiger partial charge in [-0.1, -0.05) is 179 Å². The van der Waals surface area contributed by atoms with Crippen LogP contribution in [0.5, 0.6) is 0 Å². The zero-order chi connectivity index (χ0) is 44.8. The molecule has 0 aromatic rings. The average Bonchev–Trinajstić information content (AvgIpc) is 3.26. The third-order valence-electron chi connectivity index (χ3n) is 12.2. The van der Waals surface area contributed by atoms with Gasteiger partial charge in [-0.3, -0.25) is 4.79 Å². The molecule has 3 unspecified atom stereocenters. The zero-order valence-corrected chi connectivity index (χ0v) is 38.9. The molecule has 1 amide bonds. The highest BCUT2D eigenvalue weighted by Crippen LogP contribution is 2.23. The predicted molar refractivity (Wildman–Crippen MR) is 247 cm³/mol. The van der Waals surface area contributed by atoms with E-state index in [-0.39, 0.29) is 12.8 Å². The van der Waals surface area contributed by atoms with Gasteiger partial charge in [-0.25, -0.2) is 0 Å². The van der Waals surface area contributed by atoms with Crippen LogP contribution in [0, 0.1) is 0 Å². The first-order valence-corrected chi connectivity index (χ1v) is 25.2. The van der Waals surface area contributed by atoms with E-state index in [1.54, 1.807) is 0 Å². The van der Waals surface area contributed by atoms with E-state index < -0.39 is 74.2 Å². The molecule has 9 atom stereocenters. The minimum absolute atomic E-state index is 0.255. The first-order chi connectivity index (χ1) is 29.7. The summed E-state index contributed by atoms with van der Waals surface area (Å²) in [4.78, 5) is 13.1. The van der Waals surface area contributed by atoms with Crippen LogP contribution in [-0.2, 0) is 14.3 Å². The minimum Gasteiger partial charge on any atom is -0.394 e. The normalized spacial score (nSPS) is 21.6. The van der Waals surface area contributed by atoms with Crippen LogP contribution >= 0.6 is 0 Å². The highest BCUT2D eigenvalue weighted by atomic mass is 16.7. The Kier molecular flexibility index (Phi) is 37.9. The number of hydrogen-bond donors (Lipinski definition) is 8. The highest BCUT2D eigenvalue weighted by molar-refractivity contribution is 5.80. The lowest BCUT2D eigenvalue weighted by molar-refractivity contribution is -0.303. The molecule has 1 aliphatic heterocycles. The summed E-state index contributed by atoms with van der Waals surface area (Å²) in [6, 6.07) is -1.18. The smallest absolute Gasteiger partial charge is 0.249 e. The summed E-state index contributed by atoms with van der Waals surface area (Å²) in [6.45, 7) is 3.41. The topological polar surface area (TPSA) is 189 Å². The summed E-state index contributed by atoms with van der Waals surface area (Å²) >= 11 is 0. The van der Waals surface area contributed by atoms with Crippen molar-refractivity contribution in [2.24, 2.45) is 0 Å². The van der Waals surface area contributed by atoms with Crippen LogP contribution in [0.3, 0.4) is 0 Å². The van der Waals surface area contributed by atoms with Crippen LogP contribution in [-0.4, -0.2) is 110 Å². The molecule has 0 saturated carbocycles. The lowest BCUT2D eigenvalue weighted by Gasteiger charge is -2.40. The summed E-state index contributed by atoms with van der Waals surface area (Å²) in [5, 5.41) is 75.7. The Hall–Kier alpha value is -1.41. The number of hydrogen-bond acceptors (Lipinski definition) is 10. The van der Waals surface area contributed by atoms with Gasteiger partial charge in [-0.2, -0.15) is 0 Å². The maximum atomic E-state index is 13.1. The molecule has 0 aromatic carbocycles. The van der Waals surface area contributed by atoms with Crippen molar-refractivity contribution in [3.05, 3.63) is 24.3 Å². The second-order valence-electron chi connectivity index (χ2n) is 17.9. The van der Waals surface area contributed by atoms with Gasteiger partial charge >= 0.3 is 0 Å². The van der Waals surface area contributed by atoms with E-state index in [1.807, 2.05) is 0 Å². The van der Waals surface area contributed by atoms with Gasteiger partial charge < -0.3 is 50.5 Å². The molecule has 0 aliphatic carbocycles. The van der Waals surface area contributed by atoms with Crippen LogP contribution in [0.25, 0.3) is 0 Å². The van der Waals surface area contributed by atoms with Gasteiger partial charge in [0.15, 0.2) is 6.29 Å². The quantitative estimate of drug-likeness (QED) is 0.0217. The van der Waals surface area contributed by atoms with Crippen molar-refractivity contribution in [2.45, 2.75) is 274 Å². The summed E-state index contributed by atoms with van der Waals surface area (Å²) in [6.07, 6.45) is 33.8. The SMILES string of the molecule is CCCCCCCC/C=C/CCCCCCCCCCCCCC[C@@H](O)C(=O)N[C@@H](CO[C@@H]1OC(CO)[C@@H](O)C(O)C1O)[C@H](O)[C@H](O)CCC/C=C/CCCCCCCCC. The molecular formula is C50H95NO10. The Balaban J connectivity index is 2.36. The van der Waals surface area contributed by atoms with E-state index in [2.05, 4.69) is 43.5 Å². The van der Waals surface area contributed by atoms with Gasteiger partial charge in [-0.15, -0.1) is 0 Å². The van der Waals surface area contributed by atoms with Gasteiger partial charge in [0.05, 0.1) is 25.4 Å². The van der Waals surface area contributed by atoms with Crippen LogP contribution in [0.15, 0.2) is 24.3 Å². The Bertz CT molecular complexity index is 1040. The molecule has 61 heavy (non-hydrogen) atoms. The fourth-order valence-electron chi connectivity index (χ4n) is 8.02. The summed E-state index contributed by atoms with van der Waals surface area (Å²) < 4.78 is 11.1. The van der Waals surface area contributed by atoms with E-state index >= 15 is 0 Å². The van der Waals surface area contributed by atoms with Crippen molar-refractivity contribution < 1.29 is 50.0 Å². The maximum absolute atomic E-state index is 13.1. The van der Waals surface area contributed by atoms with Gasteiger partial charge in [-0.05, 0) is 64.2 Å². The van der Waals surface area contributed by atoms with Crippen molar-refractivity contribution in [1.29, 1.82) is 0 Å². The van der Waals surface area contributed by atoms with Crippen LogP contribution in [0.1, 0.15) is 219 Å². The molecule has 360 valence electrons. The monoisotopic (exact) mass is 870 g/mol. The Morgan fingerprint density at radius 3 is 1.41 bits per heavy atom. The van der Waals surface area contributed by atoms with E-state index in [4.69, 9.17) is 9.47 Å². The fourth-order valence-corrected chi connectivity index (χ4v) is 8.02. The van der Waals surface area contributed by atoms with Crippen molar-refractivity contribution in [3.63, 3.8) is 0 Å². The molecule has 1 heterocycles. The summed E-state index contributed by atoms with van der Waals surface area (Å²) in [7, 11) is 0. The molecule has 1 aliphatic rings. The van der Waals surface area contributed by atoms with E-state index in [1.165, 1.54) is 141 Å². The van der Waals surface area contributed by atoms with Crippen molar-refractivity contribution in [2.75, 3.05) is 13.2 Å². The number of allylic oxidation sites excluding steroid dienone is 4. The predicted octanol–water partition coefficient (Wildman–Crippen LogP) is 9.01. The number of carbonyl (C=O) groups excluding carboxylic acids is 1. The highest BCUT2D eigenvalue weighted by Gasteiger charge is 2.44. The summed E-state index contributed by atoms with van der Waals surface area (Å²) in [5.41, 5.74) is 0. The van der Waals surface area contributed by atoms with Crippen LogP contribution in [0.4, 0.5) is 0 Å². The maximum Gasteiger partial charge on any atom is 0.249 e. The van der Waals surface area contributed by atoms with Crippen LogP contribution in [0.2, 0.25) is 0 Å². The summed E-state index contributed by atoms with van der Waals surface area (Å²) in [5.74, 6) is -0.707. The Labute approximate surface area is 372 Å². The lowest BCUT2D eigenvalue weighted by atomic mass is 9.98. The molecule has 0 spiro atoms.